The van der Waals surface area contributed by atoms with E-state index in [2.05, 4.69) is 25.8 Å². The number of fused-ring (bicyclic) bond motifs is 1. The topological polar surface area (TPSA) is 53.7 Å². The van der Waals surface area contributed by atoms with E-state index in [4.69, 9.17) is 0 Å². The van der Waals surface area contributed by atoms with Gasteiger partial charge < -0.3 is 9.80 Å². The molecule has 0 bridgehead atoms. The number of piperidine rings is 2. The molecule has 2 aliphatic heterocycles. The summed E-state index contributed by atoms with van der Waals surface area (Å²) in [4.78, 5) is 25.9. The molecular formula is C19H25N5O. The van der Waals surface area contributed by atoms with E-state index in [1.165, 1.54) is 25.3 Å². The SMILES string of the molecule is C=CC(=O)N1CCCCC1c1nccn2c(N3CCCCC3)ncc12. The van der Waals surface area contributed by atoms with Crippen LogP contribution in [0.25, 0.3) is 5.52 Å². The third-order valence-electron chi connectivity index (χ3n) is 5.38. The molecular weight excluding hydrogens is 314 g/mol. The molecule has 4 heterocycles. The summed E-state index contributed by atoms with van der Waals surface area (Å²) in [5, 5.41) is 0. The van der Waals surface area contributed by atoms with Crippen LogP contribution in [-0.2, 0) is 4.79 Å². The molecule has 1 atom stereocenters. The van der Waals surface area contributed by atoms with Gasteiger partial charge in [0.25, 0.3) is 0 Å². The summed E-state index contributed by atoms with van der Waals surface area (Å²) in [6.45, 7) is 6.54. The van der Waals surface area contributed by atoms with E-state index in [1.54, 1.807) is 0 Å². The number of nitrogens with zero attached hydrogens (tertiary/aromatic N) is 5. The van der Waals surface area contributed by atoms with Gasteiger partial charge in [0, 0.05) is 32.0 Å². The predicted octanol–water partition coefficient (Wildman–Crippen LogP) is 2.96. The molecule has 2 saturated heterocycles. The molecule has 2 fully saturated rings. The molecule has 0 saturated carbocycles. The van der Waals surface area contributed by atoms with Gasteiger partial charge in [-0.1, -0.05) is 6.58 Å². The number of likely N-dealkylation sites (tertiary alicyclic amines) is 1. The highest BCUT2D eigenvalue weighted by Crippen LogP contribution is 2.33. The fraction of sp³-hybridized carbons (Fsp3) is 0.526. The van der Waals surface area contributed by atoms with E-state index in [0.29, 0.717) is 0 Å². The Balaban J connectivity index is 1.73. The van der Waals surface area contributed by atoms with Crippen LogP contribution in [0.2, 0.25) is 0 Å². The second kappa shape index (κ2) is 6.86. The van der Waals surface area contributed by atoms with E-state index in [-0.39, 0.29) is 11.9 Å². The number of carbonyl (C=O) groups is 1. The Bertz CT molecular complexity index is 777. The van der Waals surface area contributed by atoms with Crippen LogP contribution in [0.1, 0.15) is 50.3 Å². The number of imidazole rings is 1. The molecule has 0 spiro atoms. The minimum absolute atomic E-state index is 0.00820. The number of hydrogen-bond donors (Lipinski definition) is 0. The van der Waals surface area contributed by atoms with Gasteiger partial charge in [-0.05, 0) is 44.6 Å². The molecule has 6 heteroatoms. The van der Waals surface area contributed by atoms with E-state index in [1.807, 2.05) is 23.5 Å². The minimum atomic E-state index is -0.00993. The van der Waals surface area contributed by atoms with Crippen LogP contribution in [0.15, 0.2) is 31.2 Å². The van der Waals surface area contributed by atoms with Crippen molar-refractivity contribution in [2.24, 2.45) is 0 Å². The first-order valence-corrected chi connectivity index (χ1v) is 9.29. The molecule has 2 aromatic rings. The molecule has 0 aliphatic carbocycles. The van der Waals surface area contributed by atoms with Gasteiger partial charge in [-0.3, -0.25) is 14.2 Å². The molecule has 132 valence electrons. The lowest BCUT2D eigenvalue weighted by Crippen LogP contribution is -2.38. The van der Waals surface area contributed by atoms with E-state index < -0.39 is 0 Å². The third-order valence-corrected chi connectivity index (χ3v) is 5.38. The quantitative estimate of drug-likeness (QED) is 0.807. The Morgan fingerprint density at radius 1 is 1.12 bits per heavy atom. The Labute approximate surface area is 148 Å². The first-order valence-electron chi connectivity index (χ1n) is 9.29. The highest BCUT2D eigenvalue weighted by molar-refractivity contribution is 5.87. The van der Waals surface area contributed by atoms with Crippen molar-refractivity contribution in [2.45, 2.75) is 44.6 Å². The van der Waals surface area contributed by atoms with Gasteiger partial charge in [-0.25, -0.2) is 4.98 Å². The monoisotopic (exact) mass is 339 g/mol. The van der Waals surface area contributed by atoms with Gasteiger partial charge in [-0.15, -0.1) is 0 Å². The van der Waals surface area contributed by atoms with Crippen LogP contribution in [0, 0.1) is 0 Å². The average Bonchev–Trinajstić information content (AvgIpc) is 3.12. The lowest BCUT2D eigenvalue weighted by molar-refractivity contribution is -0.129. The van der Waals surface area contributed by atoms with E-state index >= 15 is 0 Å². The van der Waals surface area contributed by atoms with Crippen molar-refractivity contribution < 1.29 is 4.79 Å². The zero-order valence-corrected chi connectivity index (χ0v) is 14.6. The van der Waals surface area contributed by atoms with Gasteiger partial charge >= 0.3 is 0 Å². The molecule has 2 aliphatic rings. The van der Waals surface area contributed by atoms with E-state index in [9.17, 15) is 4.79 Å². The highest BCUT2D eigenvalue weighted by Gasteiger charge is 2.30. The molecule has 0 radical (unpaired) electrons. The first-order chi connectivity index (χ1) is 12.3. The predicted molar refractivity (Wildman–Crippen MR) is 97.6 cm³/mol. The number of rotatable bonds is 3. The second-order valence-electron chi connectivity index (χ2n) is 6.92. The van der Waals surface area contributed by atoms with Crippen LogP contribution in [0.3, 0.4) is 0 Å². The first kappa shape index (κ1) is 16.1. The van der Waals surface area contributed by atoms with Crippen LogP contribution < -0.4 is 4.90 Å². The largest absolute Gasteiger partial charge is 0.342 e. The highest BCUT2D eigenvalue weighted by atomic mass is 16.2. The summed E-state index contributed by atoms with van der Waals surface area (Å²) < 4.78 is 2.14. The molecule has 4 rings (SSSR count). The lowest BCUT2D eigenvalue weighted by Gasteiger charge is -2.35. The smallest absolute Gasteiger partial charge is 0.246 e. The Morgan fingerprint density at radius 2 is 1.92 bits per heavy atom. The van der Waals surface area contributed by atoms with Crippen molar-refractivity contribution >= 4 is 17.4 Å². The van der Waals surface area contributed by atoms with Crippen molar-refractivity contribution in [1.29, 1.82) is 0 Å². The number of amides is 1. The Hall–Kier alpha value is -2.37. The Kier molecular flexibility index (Phi) is 4.42. The lowest BCUT2D eigenvalue weighted by atomic mass is 9.98. The summed E-state index contributed by atoms with van der Waals surface area (Å²) in [5.74, 6) is 0.986. The number of anilines is 1. The minimum Gasteiger partial charge on any atom is -0.342 e. The zero-order valence-electron chi connectivity index (χ0n) is 14.6. The average molecular weight is 339 g/mol. The maximum atomic E-state index is 12.3. The maximum Gasteiger partial charge on any atom is 0.246 e. The van der Waals surface area contributed by atoms with Gasteiger partial charge in [0.05, 0.1) is 23.4 Å². The fourth-order valence-corrected chi connectivity index (χ4v) is 4.12. The molecule has 1 amide bonds. The molecule has 1 unspecified atom stereocenters. The summed E-state index contributed by atoms with van der Waals surface area (Å²) in [7, 11) is 0. The standard InChI is InChI=1S/C19H25N5O/c1-2-17(25)23-12-7-4-8-15(23)18-16-14-21-19(24(16)13-9-20-18)22-10-5-3-6-11-22/h2,9,13-15H,1,3-8,10-12H2. The van der Waals surface area contributed by atoms with Gasteiger partial charge in [0.15, 0.2) is 0 Å². The van der Waals surface area contributed by atoms with Crippen molar-refractivity contribution in [2.75, 3.05) is 24.5 Å². The molecule has 25 heavy (non-hydrogen) atoms. The van der Waals surface area contributed by atoms with Crippen molar-refractivity contribution in [1.82, 2.24) is 19.3 Å². The van der Waals surface area contributed by atoms with E-state index in [0.717, 1.165) is 56.1 Å². The van der Waals surface area contributed by atoms with Crippen molar-refractivity contribution in [3.63, 3.8) is 0 Å². The normalized spacial score (nSPS) is 21.5. The van der Waals surface area contributed by atoms with Crippen LogP contribution in [-0.4, -0.2) is 44.8 Å². The van der Waals surface area contributed by atoms with Crippen LogP contribution in [0.5, 0.6) is 0 Å². The number of hydrogen-bond acceptors (Lipinski definition) is 4. The second-order valence-corrected chi connectivity index (χ2v) is 6.92. The maximum absolute atomic E-state index is 12.3. The molecule has 0 N–H and O–H groups in total. The third kappa shape index (κ3) is 2.90. The van der Waals surface area contributed by atoms with Crippen molar-refractivity contribution in [3.8, 4) is 0 Å². The van der Waals surface area contributed by atoms with Gasteiger partial charge in [-0.2, -0.15) is 0 Å². The molecule has 0 aromatic carbocycles. The van der Waals surface area contributed by atoms with Gasteiger partial charge in [0.1, 0.15) is 0 Å². The Morgan fingerprint density at radius 3 is 2.72 bits per heavy atom. The summed E-state index contributed by atoms with van der Waals surface area (Å²) in [6.07, 6.45) is 14.0. The number of carbonyl (C=O) groups excluding carboxylic acids is 1. The molecule has 6 nitrogen and oxygen atoms in total. The summed E-state index contributed by atoms with van der Waals surface area (Å²) in [5.41, 5.74) is 1.96. The van der Waals surface area contributed by atoms with Gasteiger partial charge in [0.2, 0.25) is 11.9 Å². The molecule has 2 aromatic heterocycles. The van der Waals surface area contributed by atoms with Crippen LogP contribution in [0.4, 0.5) is 5.95 Å². The van der Waals surface area contributed by atoms with Crippen molar-refractivity contribution in [3.05, 3.63) is 36.9 Å². The fourth-order valence-electron chi connectivity index (χ4n) is 4.12. The summed E-state index contributed by atoms with van der Waals surface area (Å²) in [6, 6.07) is 0.00820. The summed E-state index contributed by atoms with van der Waals surface area (Å²) >= 11 is 0. The zero-order chi connectivity index (χ0) is 17.2. The number of aromatic nitrogens is 3. The van der Waals surface area contributed by atoms with Crippen LogP contribution >= 0.6 is 0 Å².